The van der Waals surface area contributed by atoms with Crippen LogP contribution in [0.2, 0.25) is 0 Å². The van der Waals surface area contributed by atoms with Gasteiger partial charge in [-0.3, -0.25) is 9.36 Å². The van der Waals surface area contributed by atoms with Gasteiger partial charge in [-0.05, 0) is 35.9 Å². The van der Waals surface area contributed by atoms with Crippen LogP contribution in [0.3, 0.4) is 0 Å². The number of ketones is 1. The first-order valence-electron chi connectivity index (χ1n) is 10.7. The second-order valence-electron chi connectivity index (χ2n) is 7.50. The number of ether oxygens (including phenoxy) is 2. The molecule has 0 saturated carbocycles. The van der Waals surface area contributed by atoms with Crippen LogP contribution in [0.4, 0.5) is 5.95 Å². The van der Waals surface area contributed by atoms with Crippen LogP contribution in [-0.2, 0) is 9.53 Å². The van der Waals surface area contributed by atoms with Gasteiger partial charge in [0.05, 0.1) is 37.7 Å². The summed E-state index contributed by atoms with van der Waals surface area (Å²) in [6.45, 7) is 2.30. The third kappa shape index (κ3) is 4.65. The van der Waals surface area contributed by atoms with Gasteiger partial charge >= 0.3 is 0 Å². The molecule has 0 N–H and O–H groups in total. The number of nitriles is 2. The molecule has 9 heteroatoms. The number of benzene rings is 2. The van der Waals surface area contributed by atoms with E-state index >= 15 is 0 Å². The third-order valence-corrected chi connectivity index (χ3v) is 5.44. The number of anilines is 1. The van der Waals surface area contributed by atoms with Gasteiger partial charge in [-0.1, -0.05) is 30.3 Å². The predicted octanol–water partition coefficient (Wildman–Crippen LogP) is 2.90. The molecular weight excluding hydrogens is 432 g/mol. The quantitative estimate of drug-likeness (QED) is 0.395. The summed E-state index contributed by atoms with van der Waals surface area (Å²) in [6.07, 6.45) is 1.46. The fraction of sp³-hybridized carbons (Fsp3) is 0.240. The molecular formula is C25H22N6O3. The molecule has 34 heavy (non-hydrogen) atoms. The van der Waals surface area contributed by atoms with Crippen LogP contribution >= 0.6 is 0 Å². The number of nitrogens with zero attached hydrogens (tertiary/aromatic N) is 6. The molecule has 1 atom stereocenters. The molecule has 1 aliphatic heterocycles. The van der Waals surface area contributed by atoms with Crippen LogP contribution < -0.4 is 9.64 Å². The Hall–Kier alpha value is -4.47. The fourth-order valence-electron chi connectivity index (χ4n) is 3.68. The lowest BCUT2D eigenvalue weighted by Gasteiger charge is -2.28. The lowest BCUT2D eigenvalue weighted by atomic mass is 9.96. The first-order chi connectivity index (χ1) is 16.7. The topological polar surface area (TPSA) is 117 Å². The maximum atomic E-state index is 13.3. The Labute approximate surface area is 197 Å². The van der Waals surface area contributed by atoms with Gasteiger partial charge in [0.1, 0.15) is 11.8 Å². The molecule has 1 aromatic heterocycles. The van der Waals surface area contributed by atoms with Crippen LogP contribution in [-0.4, -0.2) is 54.0 Å². The molecule has 1 saturated heterocycles. The SMILES string of the molecule is COc1ccc(/C=C(/C#N)C(=O)[C@@H](C#N)c2nnc(N3CCOCC3)n2-c2ccccc2)cc1. The van der Waals surface area contributed by atoms with E-state index in [0.717, 1.165) is 5.69 Å². The summed E-state index contributed by atoms with van der Waals surface area (Å²) in [7, 11) is 1.56. The molecule has 0 radical (unpaired) electrons. The number of rotatable bonds is 7. The number of morpholine rings is 1. The highest BCUT2D eigenvalue weighted by atomic mass is 16.5. The Bertz CT molecular complexity index is 1260. The molecule has 0 spiro atoms. The van der Waals surface area contributed by atoms with E-state index in [0.29, 0.717) is 43.6 Å². The molecule has 2 aromatic carbocycles. The Balaban J connectivity index is 1.74. The minimum absolute atomic E-state index is 0.146. The molecule has 4 rings (SSSR count). The van der Waals surface area contributed by atoms with Crippen molar-refractivity contribution < 1.29 is 14.3 Å². The zero-order chi connectivity index (χ0) is 23.9. The smallest absolute Gasteiger partial charge is 0.232 e. The summed E-state index contributed by atoms with van der Waals surface area (Å²) in [6, 6.07) is 20.2. The number of hydrogen-bond donors (Lipinski definition) is 0. The third-order valence-electron chi connectivity index (χ3n) is 5.44. The number of carbonyl (C=O) groups excluding carboxylic acids is 1. The van der Waals surface area contributed by atoms with E-state index in [1.54, 1.807) is 35.9 Å². The summed E-state index contributed by atoms with van der Waals surface area (Å²) in [5.74, 6) is -0.611. The molecule has 1 fully saturated rings. The van der Waals surface area contributed by atoms with Gasteiger partial charge in [0, 0.05) is 13.1 Å². The van der Waals surface area contributed by atoms with Crippen LogP contribution in [0.1, 0.15) is 17.3 Å². The van der Waals surface area contributed by atoms with Gasteiger partial charge in [0.2, 0.25) is 5.95 Å². The van der Waals surface area contributed by atoms with Gasteiger partial charge in [-0.25, -0.2) is 0 Å². The average molecular weight is 454 g/mol. The number of para-hydroxylation sites is 1. The molecule has 0 aliphatic carbocycles. The minimum Gasteiger partial charge on any atom is -0.497 e. The summed E-state index contributed by atoms with van der Waals surface area (Å²) >= 11 is 0. The van der Waals surface area contributed by atoms with Gasteiger partial charge in [0.15, 0.2) is 17.5 Å². The zero-order valence-corrected chi connectivity index (χ0v) is 18.6. The van der Waals surface area contributed by atoms with E-state index in [9.17, 15) is 15.3 Å². The number of allylic oxidation sites excluding steroid dienone is 1. The normalized spacial score (nSPS) is 14.7. The monoisotopic (exact) mass is 454 g/mol. The minimum atomic E-state index is -1.31. The van der Waals surface area contributed by atoms with Crippen molar-refractivity contribution in [2.45, 2.75) is 5.92 Å². The number of aromatic nitrogens is 3. The maximum Gasteiger partial charge on any atom is 0.232 e. The second-order valence-corrected chi connectivity index (χ2v) is 7.50. The van der Waals surface area contributed by atoms with Crippen molar-refractivity contribution in [2.75, 3.05) is 38.3 Å². The van der Waals surface area contributed by atoms with Crippen molar-refractivity contribution in [2.24, 2.45) is 0 Å². The molecule has 0 unspecified atom stereocenters. The van der Waals surface area contributed by atoms with E-state index in [1.165, 1.54) is 6.08 Å². The largest absolute Gasteiger partial charge is 0.497 e. The van der Waals surface area contributed by atoms with Crippen molar-refractivity contribution in [3.63, 3.8) is 0 Å². The molecule has 1 aliphatic rings. The van der Waals surface area contributed by atoms with E-state index in [2.05, 4.69) is 10.2 Å². The average Bonchev–Trinajstić information content (AvgIpc) is 3.33. The molecule has 9 nitrogen and oxygen atoms in total. The summed E-state index contributed by atoms with van der Waals surface area (Å²) in [5.41, 5.74) is 1.21. The maximum absolute atomic E-state index is 13.3. The summed E-state index contributed by atoms with van der Waals surface area (Å²) < 4.78 is 12.3. The second kappa shape index (κ2) is 10.4. The van der Waals surface area contributed by atoms with Gasteiger partial charge < -0.3 is 14.4 Å². The Morgan fingerprint density at radius 2 is 1.79 bits per heavy atom. The Morgan fingerprint density at radius 1 is 1.09 bits per heavy atom. The number of methoxy groups -OCH3 is 1. The highest BCUT2D eigenvalue weighted by Crippen LogP contribution is 2.28. The number of carbonyl (C=O) groups is 1. The predicted molar refractivity (Wildman–Crippen MR) is 124 cm³/mol. The molecule has 3 aromatic rings. The van der Waals surface area contributed by atoms with Crippen LogP contribution in [0, 0.1) is 22.7 Å². The van der Waals surface area contributed by atoms with E-state index in [1.807, 2.05) is 47.4 Å². The van der Waals surface area contributed by atoms with Crippen LogP contribution in [0.25, 0.3) is 11.8 Å². The van der Waals surface area contributed by atoms with Crippen LogP contribution in [0.5, 0.6) is 5.75 Å². The number of hydrogen-bond acceptors (Lipinski definition) is 8. The Morgan fingerprint density at radius 3 is 2.41 bits per heavy atom. The zero-order valence-electron chi connectivity index (χ0n) is 18.6. The van der Waals surface area contributed by atoms with E-state index in [4.69, 9.17) is 9.47 Å². The van der Waals surface area contributed by atoms with Gasteiger partial charge in [0.25, 0.3) is 0 Å². The molecule has 170 valence electrons. The van der Waals surface area contributed by atoms with E-state index < -0.39 is 11.7 Å². The van der Waals surface area contributed by atoms with Gasteiger partial charge in [-0.15, -0.1) is 10.2 Å². The van der Waals surface area contributed by atoms with Crippen molar-refractivity contribution in [1.29, 1.82) is 10.5 Å². The molecule has 2 heterocycles. The highest BCUT2D eigenvalue weighted by molar-refractivity contribution is 6.08. The first-order valence-corrected chi connectivity index (χ1v) is 10.7. The van der Waals surface area contributed by atoms with Gasteiger partial charge in [-0.2, -0.15) is 10.5 Å². The summed E-state index contributed by atoms with van der Waals surface area (Å²) in [5, 5.41) is 28.2. The lowest BCUT2D eigenvalue weighted by Crippen LogP contribution is -2.38. The van der Waals surface area contributed by atoms with E-state index in [-0.39, 0.29) is 11.4 Å². The standard InChI is InChI=1S/C25H22N6O3/c1-33-21-9-7-18(8-10-21)15-19(16-26)23(32)22(17-27)24-28-29-25(30-11-13-34-14-12-30)31(24)20-5-3-2-4-6-20/h2-10,15,22H,11-14H2,1H3/b19-15-/t22-/m1/s1. The lowest BCUT2D eigenvalue weighted by molar-refractivity contribution is -0.115. The summed E-state index contributed by atoms with van der Waals surface area (Å²) in [4.78, 5) is 15.4. The Kier molecular flexibility index (Phi) is 6.97. The van der Waals surface area contributed by atoms with Crippen molar-refractivity contribution in [3.05, 3.63) is 71.6 Å². The van der Waals surface area contributed by atoms with Crippen molar-refractivity contribution >= 4 is 17.8 Å². The van der Waals surface area contributed by atoms with Crippen molar-refractivity contribution in [1.82, 2.24) is 14.8 Å². The number of Topliss-reactive ketones (excluding diaryl/α,β-unsaturated/α-hetero) is 1. The van der Waals surface area contributed by atoms with Crippen LogP contribution in [0.15, 0.2) is 60.2 Å². The molecule has 0 bridgehead atoms. The van der Waals surface area contributed by atoms with Crippen molar-refractivity contribution in [3.8, 4) is 23.6 Å². The highest BCUT2D eigenvalue weighted by Gasteiger charge is 2.32. The molecule has 0 amide bonds. The first kappa shape index (κ1) is 22.7. The fourth-order valence-corrected chi connectivity index (χ4v) is 3.68.